The van der Waals surface area contributed by atoms with Gasteiger partial charge in [0.1, 0.15) is 0 Å². The van der Waals surface area contributed by atoms with Gasteiger partial charge in [0.05, 0.1) is 4.92 Å². The summed E-state index contributed by atoms with van der Waals surface area (Å²) >= 11 is 0. The molecule has 0 atom stereocenters. The molecule has 0 bridgehead atoms. The van der Waals surface area contributed by atoms with Crippen LogP contribution in [0.5, 0.6) is 0 Å². The van der Waals surface area contributed by atoms with E-state index in [1.54, 1.807) is 6.07 Å². The highest BCUT2D eigenvalue weighted by Gasteiger charge is 2.17. The fraction of sp³-hybridized carbons (Fsp3) is 0.538. The number of hydrogen-bond acceptors (Lipinski definition) is 4. The van der Waals surface area contributed by atoms with Gasteiger partial charge in [-0.3, -0.25) is 10.1 Å². The van der Waals surface area contributed by atoms with Crippen molar-refractivity contribution in [2.24, 2.45) is 0 Å². The molecule has 1 aromatic carbocycles. The summed E-state index contributed by atoms with van der Waals surface area (Å²) < 4.78 is 13.4. The average molecular weight is 267 g/mol. The highest BCUT2D eigenvalue weighted by molar-refractivity contribution is 5.34. The third kappa shape index (κ3) is 3.71. The van der Waals surface area contributed by atoms with Crippen molar-refractivity contribution in [1.29, 1.82) is 0 Å². The van der Waals surface area contributed by atoms with Crippen molar-refractivity contribution in [3.05, 3.63) is 39.7 Å². The minimum absolute atomic E-state index is 0.439. The van der Waals surface area contributed by atoms with E-state index < -0.39 is 16.4 Å². The monoisotopic (exact) mass is 267 g/mol. The van der Waals surface area contributed by atoms with Crippen LogP contribution < -0.4 is 5.32 Å². The van der Waals surface area contributed by atoms with E-state index in [-0.39, 0.29) is 0 Å². The standard InChI is InChI=1S/C13H18FN3O2/c1-16-6-4-11(5-7-16)15-9-10-2-3-13(17(18)19)12(14)8-10/h2-3,8,11,15H,4-7,9H2,1H3. The van der Waals surface area contributed by atoms with Gasteiger partial charge in [-0.2, -0.15) is 4.39 Å². The summed E-state index contributed by atoms with van der Waals surface area (Å²) in [6.07, 6.45) is 2.15. The van der Waals surface area contributed by atoms with Crippen molar-refractivity contribution < 1.29 is 9.31 Å². The number of likely N-dealkylation sites (tertiary alicyclic amines) is 1. The summed E-state index contributed by atoms with van der Waals surface area (Å²) in [5.74, 6) is -0.771. The zero-order valence-electron chi connectivity index (χ0n) is 10.9. The highest BCUT2D eigenvalue weighted by Crippen LogP contribution is 2.18. The second kappa shape index (κ2) is 6.08. The Kier molecular flexibility index (Phi) is 4.44. The Labute approximate surface area is 111 Å². The Morgan fingerprint density at radius 2 is 2.16 bits per heavy atom. The van der Waals surface area contributed by atoms with Crippen molar-refractivity contribution in [1.82, 2.24) is 10.2 Å². The van der Waals surface area contributed by atoms with Crippen LogP contribution in [0, 0.1) is 15.9 Å². The van der Waals surface area contributed by atoms with Crippen LogP contribution in [0.1, 0.15) is 18.4 Å². The molecule has 104 valence electrons. The van der Waals surface area contributed by atoms with Crippen molar-refractivity contribution in [2.45, 2.75) is 25.4 Å². The van der Waals surface area contributed by atoms with E-state index in [9.17, 15) is 14.5 Å². The summed E-state index contributed by atoms with van der Waals surface area (Å²) in [5, 5.41) is 13.9. The quantitative estimate of drug-likeness (QED) is 0.669. The number of nitrogens with zero attached hydrogens (tertiary/aromatic N) is 2. The zero-order chi connectivity index (χ0) is 13.8. The molecular weight excluding hydrogens is 249 g/mol. The second-order valence-corrected chi connectivity index (χ2v) is 5.00. The fourth-order valence-corrected chi connectivity index (χ4v) is 2.28. The smallest absolute Gasteiger partial charge is 0.304 e. The Hall–Kier alpha value is -1.53. The average Bonchev–Trinajstić information content (AvgIpc) is 2.37. The zero-order valence-corrected chi connectivity index (χ0v) is 10.9. The van der Waals surface area contributed by atoms with Crippen LogP contribution in [-0.2, 0) is 6.54 Å². The Balaban J connectivity index is 1.89. The van der Waals surface area contributed by atoms with E-state index in [1.165, 1.54) is 12.1 Å². The van der Waals surface area contributed by atoms with Crippen LogP contribution in [0.2, 0.25) is 0 Å². The topological polar surface area (TPSA) is 58.4 Å². The first-order chi connectivity index (χ1) is 9.06. The van der Waals surface area contributed by atoms with Gasteiger partial charge in [-0.1, -0.05) is 6.07 Å². The van der Waals surface area contributed by atoms with E-state index in [2.05, 4.69) is 17.3 Å². The number of hydrogen-bond donors (Lipinski definition) is 1. The van der Waals surface area contributed by atoms with Gasteiger partial charge in [0.25, 0.3) is 0 Å². The molecule has 2 rings (SSSR count). The molecule has 0 radical (unpaired) electrons. The summed E-state index contributed by atoms with van der Waals surface area (Å²) in [6, 6.07) is 4.50. The summed E-state index contributed by atoms with van der Waals surface area (Å²) in [7, 11) is 2.10. The Morgan fingerprint density at radius 3 is 2.74 bits per heavy atom. The number of halogens is 1. The largest absolute Gasteiger partial charge is 0.310 e. The van der Waals surface area contributed by atoms with Gasteiger partial charge in [-0.05, 0) is 44.6 Å². The van der Waals surface area contributed by atoms with Crippen LogP contribution >= 0.6 is 0 Å². The first kappa shape index (κ1) is 13.9. The molecule has 0 aromatic heterocycles. The molecule has 1 saturated heterocycles. The normalized spacial score (nSPS) is 17.6. The molecule has 1 aliphatic rings. The molecule has 0 unspecified atom stereocenters. The molecule has 0 saturated carbocycles. The van der Waals surface area contributed by atoms with Gasteiger partial charge < -0.3 is 10.2 Å². The SMILES string of the molecule is CN1CCC(NCc2ccc([N+](=O)[O-])c(F)c2)CC1. The van der Waals surface area contributed by atoms with Gasteiger partial charge in [-0.15, -0.1) is 0 Å². The molecule has 5 nitrogen and oxygen atoms in total. The van der Waals surface area contributed by atoms with Gasteiger partial charge in [0, 0.05) is 18.7 Å². The molecule has 6 heteroatoms. The number of rotatable bonds is 4. The predicted molar refractivity (Wildman–Crippen MR) is 70.4 cm³/mol. The van der Waals surface area contributed by atoms with Crippen LogP contribution in [0.15, 0.2) is 18.2 Å². The third-order valence-corrected chi connectivity index (χ3v) is 3.52. The molecule has 0 aliphatic carbocycles. The molecule has 1 N–H and O–H groups in total. The Bertz CT molecular complexity index is 459. The van der Waals surface area contributed by atoms with E-state index >= 15 is 0 Å². The van der Waals surface area contributed by atoms with E-state index in [0.29, 0.717) is 12.6 Å². The van der Waals surface area contributed by atoms with Crippen LogP contribution in [0.4, 0.5) is 10.1 Å². The van der Waals surface area contributed by atoms with Gasteiger partial charge >= 0.3 is 5.69 Å². The van der Waals surface area contributed by atoms with Crippen LogP contribution in [-0.4, -0.2) is 36.0 Å². The van der Waals surface area contributed by atoms with Crippen molar-refractivity contribution >= 4 is 5.69 Å². The van der Waals surface area contributed by atoms with Crippen molar-refractivity contribution in [3.8, 4) is 0 Å². The lowest BCUT2D eigenvalue weighted by molar-refractivity contribution is -0.387. The predicted octanol–water partition coefficient (Wildman–Crippen LogP) is 1.92. The van der Waals surface area contributed by atoms with Gasteiger partial charge in [-0.25, -0.2) is 0 Å². The van der Waals surface area contributed by atoms with Crippen molar-refractivity contribution in [3.63, 3.8) is 0 Å². The number of nitrogens with one attached hydrogen (secondary N) is 1. The van der Waals surface area contributed by atoms with Gasteiger partial charge in [0.2, 0.25) is 5.82 Å². The second-order valence-electron chi connectivity index (χ2n) is 5.00. The molecular formula is C13H18FN3O2. The number of benzene rings is 1. The van der Waals surface area contributed by atoms with Crippen LogP contribution in [0.25, 0.3) is 0 Å². The molecule has 1 aliphatic heterocycles. The number of nitro benzene ring substituents is 1. The summed E-state index contributed by atoms with van der Waals surface area (Å²) in [5.41, 5.74) is 0.269. The van der Waals surface area contributed by atoms with Crippen LogP contribution in [0.3, 0.4) is 0 Å². The van der Waals surface area contributed by atoms with E-state index in [4.69, 9.17) is 0 Å². The molecule has 0 spiro atoms. The van der Waals surface area contributed by atoms with Crippen molar-refractivity contribution in [2.75, 3.05) is 20.1 Å². The maximum Gasteiger partial charge on any atom is 0.304 e. The summed E-state index contributed by atoms with van der Waals surface area (Å²) in [4.78, 5) is 12.1. The molecule has 0 amide bonds. The van der Waals surface area contributed by atoms with Gasteiger partial charge in [0.15, 0.2) is 0 Å². The third-order valence-electron chi connectivity index (χ3n) is 3.52. The minimum atomic E-state index is -0.771. The fourth-order valence-electron chi connectivity index (χ4n) is 2.28. The summed E-state index contributed by atoms with van der Waals surface area (Å²) in [6.45, 7) is 2.67. The number of piperidine rings is 1. The molecule has 1 aromatic rings. The number of nitro groups is 1. The first-order valence-corrected chi connectivity index (χ1v) is 6.41. The molecule has 19 heavy (non-hydrogen) atoms. The maximum atomic E-state index is 13.4. The maximum absolute atomic E-state index is 13.4. The van der Waals surface area contributed by atoms with E-state index in [1.807, 2.05) is 0 Å². The lowest BCUT2D eigenvalue weighted by Crippen LogP contribution is -2.40. The lowest BCUT2D eigenvalue weighted by Gasteiger charge is -2.29. The van der Waals surface area contributed by atoms with E-state index in [0.717, 1.165) is 31.5 Å². The highest BCUT2D eigenvalue weighted by atomic mass is 19.1. The Morgan fingerprint density at radius 1 is 1.47 bits per heavy atom. The first-order valence-electron chi connectivity index (χ1n) is 6.41. The molecule has 1 heterocycles. The molecule has 1 fully saturated rings. The lowest BCUT2D eigenvalue weighted by atomic mass is 10.1. The minimum Gasteiger partial charge on any atom is -0.310 e.